The number of nitrogens with zero attached hydrogens (tertiary/aromatic N) is 1. The van der Waals surface area contributed by atoms with Gasteiger partial charge in [0.2, 0.25) is 0 Å². The predicted molar refractivity (Wildman–Crippen MR) is 59.6 cm³/mol. The second-order valence-electron chi connectivity index (χ2n) is 5.20. The van der Waals surface area contributed by atoms with Gasteiger partial charge in [-0.15, -0.1) is 0 Å². The van der Waals surface area contributed by atoms with Crippen molar-refractivity contribution < 1.29 is 9.53 Å². The van der Waals surface area contributed by atoms with Crippen LogP contribution in [0.15, 0.2) is 0 Å². The summed E-state index contributed by atoms with van der Waals surface area (Å²) in [6.45, 7) is 8.08. The topological polar surface area (TPSA) is 55.6 Å². The van der Waals surface area contributed by atoms with Gasteiger partial charge in [-0.3, -0.25) is 0 Å². The van der Waals surface area contributed by atoms with E-state index in [0.29, 0.717) is 12.6 Å². The van der Waals surface area contributed by atoms with Crippen LogP contribution in [0.1, 0.15) is 40.5 Å². The van der Waals surface area contributed by atoms with E-state index >= 15 is 0 Å². The molecule has 1 atom stereocenters. The molecule has 0 heterocycles. The van der Waals surface area contributed by atoms with Gasteiger partial charge in [0.15, 0.2) is 0 Å². The third kappa shape index (κ3) is 3.70. The summed E-state index contributed by atoms with van der Waals surface area (Å²) in [6.07, 6.45) is 1.91. The molecule has 4 nitrogen and oxygen atoms in total. The first-order valence-electron chi connectivity index (χ1n) is 5.56. The van der Waals surface area contributed by atoms with Crippen LogP contribution in [0.3, 0.4) is 0 Å². The number of hydrogen-bond donors (Lipinski definition) is 1. The molecule has 88 valence electrons. The molecule has 0 spiro atoms. The molecule has 0 aromatic carbocycles. The number of hydrogen-bond acceptors (Lipinski definition) is 3. The van der Waals surface area contributed by atoms with Crippen molar-refractivity contribution >= 4 is 6.09 Å². The number of amides is 1. The quantitative estimate of drug-likeness (QED) is 0.778. The third-order valence-corrected chi connectivity index (χ3v) is 2.36. The lowest BCUT2D eigenvalue weighted by Gasteiger charge is -2.31. The van der Waals surface area contributed by atoms with Gasteiger partial charge in [0.1, 0.15) is 5.60 Å². The minimum atomic E-state index is -0.432. The maximum absolute atomic E-state index is 11.9. The highest BCUT2D eigenvalue weighted by atomic mass is 16.6. The lowest BCUT2D eigenvalue weighted by molar-refractivity contribution is 0.0163. The molecular formula is C11H22N2O2. The summed E-state index contributed by atoms with van der Waals surface area (Å²) in [6, 6.07) is 0.408. The summed E-state index contributed by atoms with van der Waals surface area (Å²) < 4.78 is 5.36. The van der Waals surface area contributed by atoms with Gasteiger partial charge in [-0.1, -0.05) is 0 Å². The number of carbonyl (C=O) groups is 1. The van der Waals surface area contributed by atoms with Gasteiger partial charge in [0.25, 0.3) is 0 Å². The fraction of sp³-hybridized carbons (Fsp3) is 0.909. The van der Waals surface area contributed by atoms with Crippen molar-refractivity contribution in [1.29, 1.82) is 0 Å². The second-order valence-corrected chi connectivity index (χ2v) is 5.20. The van der Waals surface area contributed by atoms with Gasteiger partial charge in [0, 0.05) is 18.6 Å². The maximum atomic E-state index is 11.9. The van der Waals surface area contributed by atoms with E-state index in [4.69, 9.17) is 10.5 Å². The van der Waals surface area contributed by atoms with Crippen LogP contribution in [0.2, 0.25) is 0 Å². The lowest BCUT2D eigenvalue weighted by atomic mass is 10.2. The van der Waals surface area contributed by atoms with Crippen LogP contribution in [0.25, 0.3) is 0 Å². The van der Waals surface area contributed by atoms with Crippen molar-refractivity contribution in [2.24, 2.45) is 5.73 Å². The molecule has 0 aromatic heterocycles. The minimum absolute atomic E-state index is 0.0624. The molecule has 0 bridgehead atoms. The molecule has 1 aliphatic carbocycles. The van der Waals surface area contributed by atoms with Crippen LogP contribution in [-0.4, -0.2) is 35.2 Å². The van der Waals surface area contributed by atoms with Gasteiger partial charge in [-0.05, 0) is 40.5 Å². The van der Waals surface area contributed by atoms with E-state index in [1.54, 1.807) is 4.90 Å². The van der Waals surface area contributed by atoms with Crippen molar-refractivity contribution in [3.63, 3.8) is 0 Å². The van der Waals surface area contributed by atoms with E-state index in [0.717, 1.165) is 12.8 Å². The summed E-state index contributed by atoms with van der Waals surface area (Å²) in [5.74, 6) is 0. The van der Waals surface area contributed by atoms with Crippen LogP contribution in [-0.2, 0) is 4.74 Å². The SMILES string of the molecule is CC(CN)N(C(=O)OC(C)(C)C)C1CC1. The Morgan fingerprint density at radius 3 is 2.40 bits per heavy atom. The highest BCUT2D eigenvalue weighted by molar-refractivity contribution is 5.69. The Hall–Kier alpha value is -0.770. The smallest absolute Gasteiger partial charge is 0.410 e. The van der Waals surface area contributed by atoms with E-state index in [2.05, 4.69) is 0 Å². The maximum Gasteiger partial charge on any atom is 0.410 e. The first kappa shape index (κ1) is 12.3. The average Bonchev–Trinajstić information content (AvgIpc) is 2.85. The summed E-state index contributed by atoms with van der Waals surface area (Å²) in [7, 11) is 0. The van der Waals surface area contributed by atoms with Gasteiger partial charge in [-0.25, -0.2) is 4.79 Å². The van der Waals surface area contributed by atoms with Crippen molar-refractivity contribution in [3.05, 3.63) is 0 Å². The number of rotatable bonds is 3. The Morgan fingerprint density at radius 1 is 1.53 bits per heavy atom. The highest BCUT2D eigenvalue weighted by Gasteiger charge is 2.37. The van der Waals surface area contributed by atoms with Gasteiger partial charge >= 0.3 is 6.09 Å². The van der Waals surface area contributed by atoms with E-state index < -0.39 is 5.60 Å². The summed E-state index contributed by atoms with van der Waals surface area (Å²) in [5, 5.41) is 0. The van der Waals surface area contributed by atoms with Crippen LogP contribution < -0.4 is 5.73 Å². The largest absolute Gasteiger partial charge is 0.444 e. The molecule has 0 saturated heterocycles. The molecule has 2 N–H and O–H groups in total. The van der Waals surface area contributed by atoms with Gasteiger partial charge in [0.05, 0.1) is 0 Å². The minimum Gasteiger partial charge on any atom is -0.444 e. The van der Waals surface area contributed by atoms with E-state index in [9.17, 15) is 4.79 Å². The number of carbonyl (C=O) groups excluding carboxylic acids is 1. The van der Waals surface area contributed by atoms with Gasteiger partial charge < -0.3 is 15.4 Å². The Bertz CT molecular complexity index is 231. The molecule has 1 aliphatic rings. The Morgan fingerprint density at radius 2 is 2.07 bits per heavy atom. The van der Waals surface area contributed by atoms with E-state index in [1.165, 1.54) is 0 Å². The molecule has 0 radical (unpaired) electrons. The Labute approximate surface area is 91.8 Å². The fourth-order valence-corrected chi connectivity index (χ4v) is 1.47. The zero-order valence-electron chi connectivity index (χ0n) is 10.1. The molecule has 15 heavy (non-hydrogen) atoms. The van der Waals surface area contributed by atoms with Crippen molar-refractivity contribution in [2.75, 3.05) is 6.54 Å². The molecule has 1 saturated carbocycles. The van der Waals surface area contributed by atoms with E-state index in [1.807, 2.05) is 27.7 Å². The fourth-order valence-electron chi connectivity index (χ4n) is 1.47. The number of nitrogens with two attached hydrogens (primary N) is 1. The molecule has 1 fully saturated rings. The molecule has 1 unspecified atom stereocenters. The predicted octanol–water partition coefficient (Wildman–Crippen LogP) is 1.73. The summed E-state index contributed by atoms with van der Waals surface area (Å²) in [5.41, 5.74) is 5.16. The van der Waals surface area contributed by atoms with Gasteiger partial charge in [-0.2, -0.15) is 0 Å². The zero-order valence-corrected chi connectivity index (χ0v) is 10.1. The molecule has 4 heteroatoms. The van der Waals surface area contributed by atoms with Crippen LogP contribution in [0.5, 0.6) is 0 Å². The van der Waals surface area contributed by atoms with Crippen LogP contribution in [0, 0.1) is 0 Å². The second kappa shape index (κ2) is 4.39. The van der Waals surface area contributed by atoms with Crippen molar-refractivity contribution in [3.8, 4) is 0 Å². The summed E-state index contributed by atoms with van der Waals surface area (Å²) in [4.78, 5) is 13.7. The Balaban J connectivity index is 2.59. The highest BCUT2D eigenvalue weighted by Crippen LogP contribution is 2.29. The number of ether oxygens (including phenoxy) is 1. The first-order chi connectivity index (χ1) is 6.85. The van der Waals surface area contributed by atoms with E-state index in [-0.39, 0.29) is 12.1 Å². The molecule has 0 aromatic rings. The first-order valence-corrected chi connectivity index (χ1v) is 5.56. The van der Waals surface area contributed by atoms with Crippen molar-refractivity contribution in [1.82, 2.24) is 4.90 Å². The molecule has 1 amide bonds. The monoisotopic (exact) mass is 214 g/mol. The standard InChI is InChI=1S/C11H22N2O2/c1-8(7-12)13(9-5-6-9)10(14)15-11(2,3)4/h8-9H,5-7,12H2,1-4H3. The zero-order chi connectivity index (χ0) is 11.6. The van der Waals surface area contributed by atoms with Crippen molar-refractivity contribution in [2.45, 2.75) is 58.2 Å². The normalized spacial score (nSPS) is 18.5. The third-order valence-electron chi connectivity index (χ3n) is 2.36. The Kier molecular flexibility index (Phi) is 3.60. The van der Waals surface area contributed by atoms with Crippen LogP contribution in [0.4, 0.5) is 4.79 Å². The molecule has 1 rings (SSSR count). The average molecular weight is 214 g/mol. The lowest BCUT2D eigenvalue weighted by Crippen LogP contribution is -2.46. The molecule has 0 aliphatic heterocycles. The summed E-state index contributed by atoms with van der Waals surface area (Å²) >= 11 is 0. The van der Waals surface area contributed by atoms with Crippen LogP contribution >= 0.6 is 0 Å². The molecular weight excluding hydrogens is 192 g/mol.